The van der Waals surface area contributed by atoms with Gasteiger partial charge in [-0.1, -0.05) is 29.5 Å². The number of anilines is 2. The Bertz CT molecular complexity index is 1050. The van der Waals surface area contributed by atoms with Crippen LogP contribution in [0.3, 0.4) is 0 Å². The zero-order chi connectivity index (χ0) is 22.8. The Balaban J connectivity index is 1.31. The van der Waals surface area contributed by atoms with Crippen molar-refractivity contribution in [3.63, 3.8) is 0 Å². The quantitative estimate of drug-likeness (QED) is 0.445. The molecule has 0 aliphatic rings. The Hall–Kier alpha value is -3.79. The van der Waals surface area contributed by atoms with Gasteiger partial charge in [-0.2, -0.15) is 0 Å². The number of aromatic nitrogens is 2. The highest BCUT2D eigenvalue weighted by atomic mass is 32.1. The molecule has 2 N–H and O–H groups in total. The van der Waals surface area contributed by atoms with Crippen molar-refractivity contribution in [3.8, 4) is 11.5 Å². The van der Waals surface area contributed by atoms with E-state index >= 15 is 0 Å². The number of hydrogen-bond donors (Lipinski definition) is 2. The summed E-state index contributed by atoms with van der Waals surface area (Å²) in [6.07, 6.45) is 0.464. The number of carbonyl (C=O) groups is 3. The number of benzene rings is 2. The summed E-state index contributed by atoms with van der Waals surface area (Å²) in [6.45, 7) is 1.38. The van der Waals surface area contributed by atoms with Crippen LogP contribution in [0, 0.1) is 6.92 Å². The Kier molecular flexibility index (Phi) is 8.27. The van der Waals surface area contributed by atoms with Gasteiger partial charge < -0.3 is 20.1 Å². The van der Waals surface area contributed by atoms with E-state index in [4.69, 9.17) is 9.47 Å². The highest BCUT2D eigenvalue weighted by Crippen LogP contribution is 2.22. The number of aryl methyl sites for hydroxylation is 1. The summed E-state index contributed by atoms with van der Waals surface area (Å²) in [5.41, 5.74) is 0.551. The second kappa shape index (κ2) is 11.6. The lowest BCUT2D eigenvalue weighted by Crippen LogP contribution is -2.21. The van der Waals surface area contributed by atoms with Crippen molar-refractivity contribution in [1.82, 2.24) is 10.2 Å². The first-order valence-corrected chi connectivity index (χ1v) is 10.7. The van der Waals surface area contributed by atoms with Gasteiger partial charge in [-0.15, -0.1) is 10.2 Å². The fraction of sp³-hybridized carbons (Fsp3) is 0.227. The third-order valence-corrected chi connectivity index (χ3v) is 4.79. The molecule has 0 aliphatic heterocycles. The van der Waals surface area contributed by atoms with Gasteiger partial charge in [-0.25, -0.2) is 0 Å². The van der Waals surface area contributed by atoms with Crippen LogP contribution in [-0.4, -0.2) is 34.6 Å². The van der Waals surface area contributed by atoms with E-state index in [1.54, 1.807) is 31.2 Å². The number of hydrogen-bond acceptors (Lipinski definition) is 8. The number of esters is 1. The largest absolute Gasteiger partial charge is 0.457 e. The van der Waals surface area contributed by atoms with E-state index in [0.29, 0.717) is 28.7 Å². The monoisotopic (exact) mass is 454 g/mol. The second-order valence-electron chi connectivity index (χ2n) is 6.68. The first-order valence-electron chi connectivity index (χ1n) is 9.86. The molecule has 0 saturated carbocycles. The zero-order valence-corrected chi connectivity index (χ0v) is 18.2. The van der Waals surface area contributed by atoms with Gasteiger partial charge in [-0.3, -0.25) is 14.4 Å². The molecule has 0 saturated heterocycles. The van der Waals surface area contributed by atoms with Crippen molar-refractivity contribution >= 4 is 39.9 Å². The molecule has 32 heavy (non-hydrogen) atoms. The molecule has 0 aliphatic carbocycles. The lowest BCUT2D eigenvalue weighted by Gasteiger charge is -2.08. The third kappa shape index (κ3) is 7.80. The Morgan fingerprint density at radius 2 is 1.59 bits per heavy atom. The van der Waals surface area contributed by atoms with E-state index in [0.717, 1.165) is 5.01 Å². The smallest absolute Gasteiger partial charge is 0.306 e. The van der Waals surface area contributed by atoms with Gasteiger partial charge in [0.1, 0.15) is 16.5 Å². The highest BCUT2D eigenvalue weighted by molar-refractivity contribution is 7.15. The van der Waals surface area contributed by atoms with E-state index in [1.807, 2.05) is 30.3 Å². The minimum Gasteiger partial charge on any atom is -0.457 e. The third-order valence-electron chi connectivity index (χ3n) is 4.04. The highest BCUT2D eigenvalue weighted by Gasteiger charge is 2.11. The summed E-state index contributed by atoms with van der Waals surface area (Å²) < 4.78 is 10.6. The lowest BCUT2D eigenvalue weighted by molar-refractivity contribution is -0.147. The standard InChI is InChI=1S/C22H22N4O5S/c1-15-25-26-22(32-15)24-19(27)8-5-9-21(29)30-14-20(28)23-16-10-12-18(13-11-16)31-17-6-3-2-4-7-17/h2-4,6-7,10-13H,5,8-9,14H2,1H3,(H,23,28)(H,24,26,27). The van der Waals surface area contributed by atoms with Crippen LogP contribution in [0.2, 0.25) is 0 Å². The van der Waals surface area contributed by atoms with Crippen LogP contribution in [-0.2, 0) is 19.1 Å². The minimum absolute atomic E-state index is 0.0291. The summed E-state index contributed by atoms with van der Waals surface area (Å²) in [5, 5.41) is 14.0. The molecule has 2 amide bonds. The van der Waals surface area contributed by atoms with Crippen LogP contribution in [0.4, 0.5) is 10.8 Å². The van der Waals surface area contributed by atoms with Crippen molar-refractivity contribution in [3.05, 3.63) is 59.6 Å². The Morgan fingerprint density at radius 3 is 2.28 bits per heavy atom. The maximum atomic E-state index is 12.0. The molecule has 9 nitrogen and oxygen atoms in total. The maximum absolute atomic E-state index is 12.0. The van der Waals surface area contributed by atoms with E-state index in [2.05, 4.69) is 20.8 Å². The number of nitrogens with zero attached hydrogens (tertiary/aromatic N) is 2. The second-order valence-corrected chi connectivity index (χ2v) is 7.86. The maximum Gasteiger partial charge on any atom is 0.306 e. The SMILES string of the molecule is Cc1nnc(NC(=O)CCCC(=O)OCC(=O)Nc2ccc(Oc3ccccc3)cc2)s1. The van der Waals surface area contributed by atoms with Gasteiger partial charge in [0.2, 0.25) is 11.0 Å². The van der Waals surface area contributed by atoms with Gasteiger partial charge in [0.25, 0.3) is 5.91 Å². The van der Waals surface area contributed by atoms with E-state index in [1.165, 1.54) is 11.3 Å². The predicted octanol–water partition coefficient (Wildman–Crippen LogP) is 3.93. The molecule has 0 unspecified atom stereocenters. The summed E-state index contributed by atoms with van der Waals surface area (Å²) >= 11 is 1.27. The normalized spacial score (nSPS) is 10.3. The molecule has 1 aromatic heterocycles. The van der Waals surface area contributed by atoms with Gasteiger partial charge in [0.05, 0.1) is 0 Å². The molecule has 166 valence electrons. The summed E-state index contributed by atoms with van der Waals surface area (Å²) in [5.74, 6) is 0.0760. The van der Waals surface area contributed by atoms with Gasteiger partial charge >= 0.3 is 5.97 Å². The molecule has 3 aromatic rings. The van der Waals surface area contributed by atoms with Crippen molar-refractivity contribution in [2.45, 2.75) is 26.2 Å². The number of nitrogens with one attached hydrogen (secondary N) is 2. The molecule has 0 spiro atoms. The summed E-state index contributed by atoms with van der Waals surface area (Å²) in [7, 11) is 0. The van der Waals surface area contributed by atoms with Crippen molar-refractivity contribution < 1.29 is 23.9 Å². The predicted molar refractivity (Wildman–Crippen MR) is 120 cm³/mol. The zero-order valence-electron chi connectivity index (χ0n) is 17.4. The Morgan fingerprint density at radius 1 is 0.875 bits per heavy atom. The fourth-order valence-corrected chi connectivity index (χ4v) is 3.18. The van der Waals surface area contributed by atoms with Gasteiger partial charge in [0, 0.05) is 18.5 Å². The molecule has 2 aromatic carbocycles. The van der Waals surface area contributed by atoms with Crippen LogP contribution < -0.4 is 15.4 Å². The molecular formula is C22H22N4O5S. The van der Waals surface area contributed by atoms with Crippen LogP contribution in [0.5, 0.6) is 11.5 Å². The van der Waals surface area contributed by atoms with Gasteiger partial charge in [0.15, 0.2) is 6.61 Å². The molecule has 3 rings (SSSR count). The number of carbonyl (C=O) groups excluding carboxylic acids is 3. The fourth-order valence-electron chi connectivity index (χ4n) is 2.57. The topological polar surface area (TPSA) is 120 Å². The van der Waals surface area contributed by atoms with Crippen LogP contribution in [0.25, 0.3) is 0 Å². The number of para-hydroxylation sites is 1. The molecule has 0 bridgehead atoms. The number of ether oxygens (including phenoxy) is 2. The molecular weight excluding hydrogens is 432 g/mol. The van der Waals surface area contributed by atoms with E-state index in [-0.39, 0.29) is 18.7 Å². The van der Waals surface area contributed by atoms with Crippen LogP contribution >= 0.6 is 11.3 Å². The van der Waals surface area contributed by atoms with Crippen molar-refractivity contribution in [1.29, 1.82) is 0 Å². The van der Waals surface area contributed by atoms with Crippen LogP contribution in [0.15, 0.2) is 54.6 Å². The van der Waals surface area contributed by atoms with Gasteiger partial charge in [-0.05, 0) is 49.7 Å². The molecule has 0 atom stereocenters. The Labute approximate surface area is 188 Å². The number of amides is 2. The summed E-state index contributed by atoms with van der Waals surface area (Å²) in [6, 6.07) is 16.2. The minimum atomic E-state index is -0.550. The van der Waals surface area contributed by atoms with E-state index < -0.39 is 18.5 Å². The van der Waals surface area contributed by atoms with E-state index in [9.17, 15) is 14.4 Å². The first-order chi connectivity index (χ1) is 15.5. The average molecular weight is 455 g/mol. The van der Waals surface area contributed by atoms with Crippen molar-refractivity contribution in [2.24, 2.45) is 0 Å². The summed E-state index contributed by atoms with van der Waals surface area (Å²) in [4.78, 5) is 35.6. The average Bonchev–Trinajstić information content (AvgIpc) is 3.19. The lowest BCUT2D eigenvalue weighted by atomic mass is 10.2. The molecule has 1 heterocycles. The molecule has 10 heteroatoms. The number of rotatable bonds is 10. The van der Waals surface area contributed by atoms with Crippen LogP contribution in [0.1, 0.15) is 24.3 Å². The van der Waals surface area contributed by atoms with Crippen molar-refractivity contribution in [2.75, 3.05) is 17.2 Å². The molecule has 0 fully saturated rings. The first kappa shape index (κ1) is 22.9. The molecule has 0 radical (unpaired) electrons.